The maximum atomic E-state index is 12.6. The molecule has 0 saturated carbocycles. The number of carbonyl (C=O) groups excluding carboxylic acids is 1. The highest BCUT2D eigenvalue weighted by atomic mass is 16.7. The first kappa shape index (κ1) is 18.3. The molecule has 0 radical (unpaired) electrons. The smallest absolute Gasteiger partial charge is 0.252 e. The van der Waals surface area contributed by atoms with Crippen molar-refractivity contribution < 1.29 is 14.3 Å². The number of hydrogen-bond donors (Lipinski definition) is 2. The number of hydrogen-bond acceptors (Lipinski definition) is 6. The number of ether oxygens (including phenoxy) is 2. The molecule has 4 rings (SSSR count). The quantitative estimate of drug-likeness (QED) is 0.839. The topological polar surface area (TPSA) is 96.6 Å². The van der Waals surface area contributed by atoms with Crippen molar-refractivity contribution in [2.75, 3.05) is 24.8 Å². The molecule has 2 aromatic rings. The maximum absolute atomic E-state index is 12.6. The van der Waals surface area contributed by atoms with Crippen LogP contribution in [0.2, 0.25) is 0 Å². The molecule has 1 amide bonds. The molecule has 1 atom stereocenters. The summed E-state index contributed by atoms with van der Waals surface area (Å²) in [6.07, 6.45) is 2.15. The normalized spacial score (nSPS) is 17.4. The van der Waals surface area contributed by atoms with E-state index in [1.807, 2.05) is 6.92 Å². The number of carbonyl (C=O) groups is 1. The number of H-pyrrole nitrogens is 1. The van der Waals surface area contributed by atoms with E-state index in [4.69, 9.17) is 9.47 Å². The van der Waals surface area contributed by atoms with Crippen molar-refractivity contribution >= 4 is 11.9 Å². The lowest BCUT2D eigenvalue weighted by Gasteiger charge is -2.31. The first-order valence-corrected chi connectivity index (χ1v) is 9.56. The van der Waals surface area contributed by atoms with E-state index in [0.29, 0.717) is 34.6 Å². The number of nitrogens with zero attached hydrogens (tertiary/aromatic N) is 2. The van der Waals surface area contributed by atoms with Gasteiger partial charge in [0.05, 0.1) is 11.7 Å². The van der Waals surface area contributed by atoms with Gasteiger partial charge in [-0.3, -0.25) is 14.6 Å². The molecular formula is C20H24N4O4. The first-order chi connectivity index (χ1) is 13.5. The van der Waals surface area contributed by atoms with E-state index in [9.17, 15) is 9.59 Å². The summed E-state index contributed by atoms with van der Waals surface area (Å²) in [5.41, 5.74) is 0.778. The number of aromatic amines is 1. The molecule has 1 fully saturated rings. The Balaban J connectivity index is 1.49. The third-order valence-corrected chi connectivity index (χ3v) is 5.26. The molecule has 2 N–H and O–H groups in total. The number of aromatic nitrogens is 2. The zero-order chi connectivity index (χ0) is 19.7. The van der Waals surface area contributed by atoms with E-state index in [2.05, 4.69) is 27.1 Å². The van der Waals surface area contributed by atoms with Gasteiger partial charge in [0.2, 0.25) is 12.7 Å². The summed E-state index contributed by atoms with van der Waals surface area (Å²) in [4.78, 5) is 34.3. The maximum Gasteiger partial charge on any atom is 0.252 e. The average Bonchev–Trinajstić information content (AvgIpc) is 3.15. The van der Waals surface area contributed by atoms with Crippen LogP contribution in [0.5, 0.6) is 11.5 Å². The third kappa shape index (κ3) is 3.81. The third-order valence-electron chi connectivity index (χ3n) is 5.26. The van der Waals surface area contributed by atoms with Crippen molar-refractivity contribution in [2.24, 2.45) is 5.92 Å². The van der Waals surface area contributed by atoms with E-state index in [0.717, 1.165) is 25.9 Å². The number of fused-ring (bicyclic) bond motifs is 1. The molecule has 8 nitrogen and oxygen atoms in total. The van der Waals surface area contributed by atoms with Gasteiger partial charge in [-0.15, -0.1) is 0 Å². The van der Waals surface area contributed by atoms with Crippen molar-refractivity contribution in [3.05, 3.63) is 45.9 Å². The summed E-state index contributed by atoms with van der Waals surface area (Å²) in [5, 5.41) is 2.90. The van der Waals surface area contributed by atoms with Crippen LogP contribution in [0.3, 0.4) is 0 Å². The SMILES string of the molecule is CC1CCN(c2nc([C@H](C)NC(=O)c3ccc4c(c3)OCO4)cc(=O)[nH]2)CC1. The minimum Gasteiger partial charge on any atom is -0.454 e. The Labute approximate surface area is 162 Å². The van der Waals surface area contributed by atoms with Crippen LogP contribution in [-0.2, 0) is 0 Å². The predicted molar refractivity (Wildman–Crippen MR) is 104 cm³/mol. The molecule has 3 heterocycles. The van der Waals surface area contributed by atoms with Gasteiger partial charge in [0.1, 0.15) is 0 Å². The van der Waals surface area contributed by atoms with Crippen LogP contribution >= 0.6 is 0 Å². The predicted octanol–water partition coefficient (Wildman–Crippen LogP) is 2.23. The fourth-order valence-corrected chi connectivity index (χ4v) is 3.45. The molecular weight excluding hydrogens is 360 g/mol. The molecule has 0 spiro atoms. The van der Waals surface area contributed by atoms with Gasteiger partial charge in [-0.1, -0.05) is 6.92 Å². The van der Waals surface area contributed by atoms with Crippen molar-refractivity contribution in [1.29, 1.82) is 0 Å². The minimum absolute atomic E-state index is 0.158. The zero-order valence-corrected chi connectivity index (χ0v) is 16.0. The molecule has 1 aromatic heterocycles. The summed E-state index contributed by atoms with van der Waals surface area (Å²) < 4.78 is 10.6. The monoisotopic (exact) mass is 384 g/mol. The highest BCUT2D eigenvalue weighted by molar-refractivity contribution is 5.95. The standard InChI is InChI=1S/C20H24N4O4/c1-12-5-7-24(8-6-12)20-22-15(10-18(25)23-20)13(2)21-19(26)14-3-4-16-17(9-14)28-11-27-16/h3-4,9-10,12-13H,5-8,11H2,1-2H3,(H,21,26)(H,22,23,25)/t13-/m0/s1. The second-order valence-electron chi connectivity index (χ2n) is 7.43. The second kappa shape index (κ2) is 7.53. The highest BCUT2D eigenvalue weighted by Gasteiger charge is 2.21. The Morgan fingerprint density at radius 2 is 2.00 bits per heavy atom. The van der Waals surface area contributed by atoms with Gasteiger partial charge < -0.3 is 19.7 Å². The summed E-state index contributed by atoms with van der Waals surface area (Å²) in [5.74, 6) is 2.17. The van der Waals surface area contributed by atoms with Crippen LogP contribution in [0.4, 0.5) is 5.95 Å². The number of amides is 1. The van der Waals surface area contributed by atoms with Gasteiger partial charge in [-0.25, -0.2) is 4.98 Å². The Morgan fingerprint density at radius 1 is 1.25 bits per heavy atom. The van der Waals surface area contributed by atoms with E-state index >= 15 is 0 Å². The molecule has 0 aliphatic carbocycles. The Kier molecular flexibility index (Phi) is 4.93. The van der Waals surface area contributed by atoms with E-state index in [1.165, 1.54) is 6.07 Å². The number of rotatable bonds is 4. The van der Waals surface area contributed by atoms with Crippen molar-refractivity contribution in [3.63, 3.8) is 0 Å². The Morgan fingerprint density at radius 3 is 2.79 bits per heavy atom. The fraction of sp³-hybridized carbons (Fsp3) is 0.450. The van der Waals surface area contributed by atoms with Gasteiger partial charge in [-0.05, 0) is 43.9 Å². The Bertz CT molecular complexity index is 934. The van der Waals surface area contributed by atoms with Gasteiger partial charge in [0, 0.05) is 24.7 Å². The summed E-state index contributed by atoms with van der Waals surface area (Å²) in [6.45, 7) is 5.94. The number of benzene rings is 1. The van der Waals surface area contributed by atoms with Crippen LogP contribution in [0.1, 0.15) is 48.8 Å². The van der Waals surface area contributed by atoms with Gasteiger partial charge >= 0.3 is 0 Å². The minimum atomic E-state index is -0.414. The largest absolute Gasteiger partial charge is 0.454 e. The van der Waals surface area contributed by atoms with Crippen LogP contribution in [0.15, 0.2) is 29.1 Å². The van der Waals surface area contributed by atoms with Gasteiger partial charge in [-0.2, -0.15) is 0 Å². The van der Waals surface area contributed by atoms with Crippen LogP contribution in [0.25, 0.3) is 0 Å². The molecule has 0 bridgehead atoms. The lowest BCUT2D eigenvalue weighted by molar-refractivity contribution is 0.0938. The van der Waals surface area contributed by atoms with Crippen LogP contribution in [-0.4, -0.2) is 35.8 Å². The van der Waals surface area contributed by atoms with E-state index < -0.39 is 6.04 Å². The van der Waals surface area contributed by atoms with Crippen molar-refractivity contribution in [3.8, 4) is 11.5 Å². The highest BCUT2D eigenvalue weighted by Crippen LogP contribution is 2.32. The zero-order valence-electron chi connectivity index (χ0n) is 16.0. The Hall–Kier alpha value is -3.03. The van der Waals surface area contributed by atoms with Crippen molar-refractivity contribution in [1.82, 2.24) is 15.3 Å². The van der Waals surface area contributed by atoms with Crippen molar-refractivity contribution in [2.45, 2.75) is 32.7 Å². The summed E-state index contributed by atoms with van der Waals surface area (Å²) in [6, 6.07) is 6.06. The molecule has 2 aliphatic rings. The van der Waals surface area contributed by atoms with Gasteiger partial charge in [0.25, 0.3) is 11.5 Å². The summed E-state index contributed by atoms with van der Waals surface area (Å²) in [7, 11) is 0. The number of nitrogens with one attached hydrogen (secondary N) is 2. The first-order valence-electron chi connectivity index (χ1n) is 9.56. The molecule has 8 heteroatoms. The second-order valence-corrected chi connectivity index (χ2v) is 7.43. The molecule has 1 aromatic carbocycles. The average molecular weight is 384 g/mol. The van der Waals surface area contributed by atoms with E-state index in [-0.39, 0.29) is 18.3 Å². The van der Waals surface area contributed by atoms with Gasteiger partial charge in [0.15, 0.2) is 11.5 Å². The molecule has 28 heavy (non-hydrogen) atoms. The lowest BCUT2D eigenvalue weighted by Crippen LogP contribution is -2.36. The van der Waals surface area contributed by atoms with Crippen LogP contribution in [0, 0.1) is 5.92 Å². The summed E-state index contributed by atoms with van der Waals surface area (Å²) >= 11 is 0. The number of anilines is 1. The molecule has 148 valence electrons. The fourth-order valence-electron chi connectivity index (χ4n) is 3.45. The molecule has 0 unspecified atom stereocenters. The van der Waals surface area contributed by atoms with E-state index in [1.54, 1.807) is 18.2 Å². The molecule has 1 saturated heterocycles. The molecule has 2 aliphatic heterocycles. The number of piperidine rings is 1. The lowest BCUT2D eigenvalue weighted by atomic mass is 10.00. The van der Waals surface area contributed by atoms with Crippen LogP contribution < -0.4 is 25.2 Å².